The van der Waals surface area contributed by atoms with Crippen LogP contribution >= 0.6 is 11.3 Å². The van der Waals surface area contributed by atoms with Gasteiger partial charge in [-0.1, -0.05) is 0 Å². The molecule has 0 aliphatic heterocycles. The minimum absolute atomic E-state index is 0.0187. The Bertz CT molecular complexity index is 481. The third-order valence-corrected chi connectivity index (χ3v) is 4.63. The summed E-state index contributed by atoms with van der Waals surface area (Å²) in [5.74, 6) is -0.421. The van der Waals surface area contributed by atoms with Gasteiger partial charge in [-0.2, -0.15) is 0 Å². The Morgan fingerprint density at radius 1 is 1.59 bits per heavy atom. The highest BCUT2D eigenvalue weighted by molar-refractivity contribution is 7.91. The smallest absolute Gasteiger partial charge is 0.307 e. The minimum atomic E-state index is -3.55. The first-order valence-electron chi connectivity index (χ1n) is 5.03. The summed E-state index contributed by atoms with van der Waals surface area (Å²) < 4.78 is 30.5. The fourth-order valence-electron chi connectivity index (χ4n) is 1.06. The highest BCUT2D eigenvalue weighted by Crippen LogP contribution is 2.17. The summed E-state index contributed by atoms with van der Waals surface area (Å²) in [5.41, 5.74) is 0. The van der Waals surface area contributed by atoms with Crippen molar-refractivity contribution in [1.82, 2.24) is 9.71 Å². The van der Waals surface area contributed by atoms with E-state index in [9.17, 15) is 13.2 Å². The lowest BCUT2D eigenvalue weighted by Gasteiger charge is -2.03. The normalized spacial score (nSPS) is 11.4. The van der Waals surface area contributed by atoms with Gasteiger partial charge in [-0.3, -0.25) is 4.79 Å². The number of aryl methyl sites for hydroxylation is 1. The van der Waals surface area contributed by atoms with Crippen LogP contribution in [-0.2, 0) is 19.6 Å². The highest BCUT2D eigenvalue weighted by atomic mass is 32.2. The van der Waals surface area contributed by atoms with E-state index in [0.717, 1.165) is 11.3 Å². The van der Waals surface area contributed by atoms with Crippen LogP contribution in [0.5, 0.6) is 0 Å². The number of ether oxygens (including phenoxy) is 1. The van der Waals surface area contributed by atoms with Crippen LogP contribution in [0, 0.1) is 6.92 Å². The van der Waals surface area contributed by atoms with E-state index in [1.54, 1.807) is 13.8 Å². The summed E-state index contributed by atoms with van der Waals surface area (Å²) in [6.45, 7) is 3.74. The molecule has 0 aromatic carbocycles. The standard InChI is InChI=1S/C9H14N2O4S2/c1-3-15-8(12)4-5-11-17(13,14)9-6-10-7(2)16-9/h6,11H,3-5H2,1-2H3. The summed E-state index contributed by atoms with van der Waals surface area (Å²) in [6, 6.07) is 0. The van der Waals surface area contributed by atoms with Gasteiger partial charge in [0.25, 0.3) is 10.0 Å². The average Bonchev–Trinajstić information content (AvgIpc) is 2.65. The van der Waals surface area contributed by atoms with E-state index in [2.05, 4.69) is 14.4 Å². The van der Waals surface area contributed by atoms with Crippen molar-refractivity contribution in [3.8, 4) is 0 Å². The lowest BCUT2D eigenvalue weighted by molar-refractivity contribution is -0.142. The largest absolute Gasteiger partial charge is 0.466 e. The molecule has 17 heavy (non-hydrogen) atoms. The molecule has 0 fully saturated rings. The van der Waals surface area contributed by atoms with E-state index in [1.165, 1.54) is 6.20 Å². The molecule has 0 aliphatic rings. The number of sulfonamides is 1. The van der Waals surface area contributed by atoms with E-state index in [4.69, 9.17) is 0 Å². The van der Waals surface area contributed by atoms with Crippen molar-refractivity contribution >= 4 is 27.3 Å². The maximum absolute atomic E-state index is 11.7. The lowest BCUT2D eigenvalue weighted by Crippen LogP contribution is -2.26. The van der Waals surface area contributed by atoms with Gasteiger partial charge >= 0.3 is 5.97 Å². The van der Waals surface area contributed by atoms with Crippen LogP contribution in [0.4, 0.5) is 0 Å². The van der Waals surface area contributed by atoms with Crippen molar-refractivity contribution in [3.05, 3.63) is 11.2 Å². The predicted octanol–water partition coefficient (Wildman–Crippen LogP) is 0.683. The van der Waals surface area contributed by atoms with Crippen molar-refractivity contribution in [3.63, 3.8) is 0 Å². The number of hydrogen-bond acceptors (Lipinski definition) is 6. The maximum atomic E-state index is 11.7. The van der Waals surface area contributed by atoms with E-state index in [-0.39, 0.29) is 17.2 Å². The number of thiazole rings is 1. The number of esters is 1. The molecule has 1 rings (SSSR count). The summed E-state index contributed by atoms with van der Waals surface area (Å²) in [5, 5.41) is 0.677. The fraction of sp³-hybridized carbons (Fsp3) is 0.556. The van der Waals surface area contributed by atoms with Gasteiger partial charge in [0.2, 0.25) is 0 Å². The monoisotopic (exact) mass is 278 g/mol. The molecule has 1 N–H and O–H groups in total. The van der Waals surface area contributed by atoms with Gasteiger partial charge in [0.05, 0.1) is 24.2 Å². The van der Waals surface area contributed by atoms with Crippen LogP contribution < -0.4 is 4.72 Å². The van der Waals surface area contributed by atoms with E-state index in [0.29, 0.717) is 11.6 Å². The van der Waals surface area contributed by atoms with Gasteiger partial charge in [0.1, 0.15) is 0 Å². The fourth-order valence-corrected chi connectivity index (χ4v) is 3.24. The van der Waals surface area contributed by atoms with E-state index >= 15 is 0 Å². The number of carbonyl (C=O) groups is 1. The van der Waals surface area contributed by atoms with Crippen LogP contribution in [0.15, 0.2) is 10.4 Å². The van der Waals surface area contributed by atoms with Gasteiger partial charge in [0.15, 0.2) is 4.21 Å². The Labute approximate surface area is 104 Å². The maximum Gasteiger partial charge on any atom is 0.307 e. The molecule has 1 aromatic heterocycles. The number of carbonyl (C=O) groups excluding carboxylic acids is 1. The molecule has 0 atom stereocenters. The van der Waals surface area contributed by atoms with Crippen molar-refractivity contribution < 1.29 is 17.9 Å². The summed E-state index contributed by atoms with van der Waals surface area (Å²) in [6.07, 6.45) is 1.32. The second-order valence-corrected chi connectivity index (χ2v) is 6.38. The van der Waals surface area contributed by atoms with Crippen LogP contribution in [-0.4, -0.2) is 32.5 Å². The Kier molecular flexibility index (Phi) is 5.03. The second kappa shape index (κ2) is 6.08. The van der Waals surface area contributed by atoms with Crippen LogP contribution in [0.25, 0.3) is 0 Å². The van der Waals surface area contributed by atoms with Crippen LogP contribution in [0.3, 0.4) is 0 Å². The summed E-state index contributed by atoms with van der Waals surface area (Å²) >= 11 is 1.09. The zero-order valence-electron chi connectivity index (χ0n) is 9.60. The van der Waals surface area contributed by atoms with Crippen molar-refractivity contribution in [1.29, 1.82) is 0 Å². The molecule has 0 bridgehead atoms. The van der Waals surface area contributed by atoms with Crippen LogP contribution in [0.2, 0.25) is 0 Å². The number of aromatic nitrogens is 1. The Balaban J connectivity index is 2.49. The van der Waals surface area contributed by atoms with Gasteiger partial charge in [0, 0.05) is 6.54 Å². The van der Waals surface area contributed by atoms with E-state index < -0.39 is 16.0 Å². The zero-order chi connectivity index (χ0) is 12.9. The molecule has 1 aromatic rings. The van der Waals surface area contributed by atoms with Gasteiger partial charge < -0.3 is 4.74 Å². The number of hydrogen-bond donors (Lipinski definition) is 1. The lowest BCUT2D eigenvalue weighted by atomic mass is 10.4. The molecule has 1 heterocycles. The Morgan fingerprint density at radius 3 is 2.82 bits per heavy atom. The first-order chi connectivity index (χ1) is 7.95. The quantitative estimate of drug-likeness (QED) is 0.774. The molecule has 0 aliphatic carbocycles. The topological polar surface area (TPSA) is 85.4 Å². The van der Waals surface area contributed by atoms with Gasteiger partial charge in [-0.15, -0.1) is 11.3 Å². The SMILES string of the molecule is CCOC(=O)CCNS(=O)(=O)c1cnc(C)s1. The molecular weight excluding hydrogens is 264 g/mol. The van der Waals surface area contributed by atoms with E-state index in [1.807, 2.05) is 0 Å². The van der Waals surface area contributed by atoms with Crippen molar-refractivity contribution in [2.45, 2.75) is 24.5 Å². The molecule has 0 saturated carbocycles. The Hall–Kier alpha value is -0.990. The molecule has 8 heteroatoms. The molecular formula is C9H14N2O4S2. The predicted molar refractivity (Wildman–Crippen MR) is 63.3 cm³/mol. The third-order valence-electron chi connectivity index (χ3n) is 1.79. The molecule has 0 amide bonds. The highest BCUT2D eigenvalue weighted by Gasteiger charge is 2.16. The number of rotatable bonds is 6. The number of nitrogens with zero attached hydrogens (tertiary/aromatic N) is 1. The average molecular weight is 278 g/mol. The molecule has 0 radical (unpaired) electrons. The summed E-state index contributed by atoms with van der Waals surface area (Å²) in [7, 11) is -3.55. The molecule has 96 valence electrons. The van der Waals surface area contributed by atoms with Gasteiger partial charge in [-0.05, 0) is 13.8 Å². The van der Waals surface area contributed by atoms with Crippen LogP contribution in [0.1, 0.15) is 18.4 Å². The molecule has 0 spiro atoms. The molecule has 6 nitrogen and oxygen atoms in total. The zero-order valence-corrected chi connectivity index (χ0v) is 11.2. The third kappa shape index (κ3) is 4.41. The molecule has 0 unspecified atom stereocenters. The first kappa shape index (κ1) is 14.1. The van der Waals surface area contributed by atoms with Crippen molar-refractivity contribution in [2.75, 3.05) is 13.2 Å². The summed E-state index contributed by atoms with van der Waals surface area (Å²) in [4.78, 5) is 14.9. The molecule has 0 saturated heterocycles. The second-order valence-electron chi connectivity index (χ2n) is 3.15. The first-order valence-corrected chi connectivity index (χ1v) is 7.33. The number of nitrogens with one attached hydrogen (secondary N) is 1. The van der Waals surface area contributed by atoms with Gasteiger partial charge in [-0.25, -0.2) is 18.1 Å². The minimum Gasteiger partial charge on any atom is -0.466 e. The van der Waals surface area contributed by atoms with Crippen molar-refractivity contribution in [2.24, 2.45) is 0 Å². The Morgan fingerprint density at radius 2 is 2.29 bits per heavy atom.